The second-order valence-corrected chi connectivity index (χ2v) is 5.11. The van der Waals surface area contributed by atoms with Crippen molar-refractivity contribution in [1.82, 2.24) is 5.32 Å². The van der Waals surface area contributed by atoms with Crippen LogP contribution in [0.3, 0.4) is 0 Å². The monoisotopic (exact) mass is 241 g/mol. The summed E-state index contributed by atoms with van der Waals surface area (Å²) < 4.78 is 10.9. The zero-order chi connectivity index (χ0) is 12.1. The first-order valence-electron chi connectivity index (χ1n) is 4.89. The predicted octanol–water partition coefficient (Wildman–Crippen LogP) is 0.889. The number of amides is 1. The molecule has 2 unspecified atom stereocenters. The van der Waals surface area contributed by atoms with Crippen molar-refractivity contribution in [3.63, 3.8) is 0 Å². The first-order valence-corrected chi connectivity index (χ1v) is 6.62. The van der Waals surface area contributed by atoms with Crippen LogP contribution in [0.5, 0.6) is 5.75 Å². The van der Waals surface area contributed by atoms with E-state index in [0.29, 0.717) is 5.75 Å². The summed E-state index contributed by atoms with van der Waals surface area (Å²) in [7, 11) is -0.951. The maximum absolute atomic E-state index is 11.7. The molecule has 0 aliphatic carbocycles. The highest BCUT2D eigenvalue weighted by atomic mass is 32.2. The van der Waals surface area contributed by atoms with Crippen molar-refractivity contribution in [3.8, 4) is 5.75 Å². The molecule has 2 N–H and O–H groups in total. The first kappa shape index (κ1) is 12.7. The molecule has 0 bridgehead atoms. The molecule has 1 rings (SSSR count). The average molecular weight is 241 g/mol. The van der Waals surface area contributed by atoms with Crippen LogP contribution in [-0.2, 0) is 10.8 Å². The fourth-order valence-electron chi connectivity index (χ4n) is 1.36. The van der Waals surface area contributed by atoms with Crippen molar-refractivity contribution >= 4 is 16.7 Å². The summed E-state index contributed by atoms with van der Waals surface area (Å²) >= 11 is 0. The van der Waals surface area contributed by atoms with Gasteiger partial charge in [-0.1, -0.05) is 12.1 Å². The minimum absolute atomic E-state index is 0.0511. The molecule has 0 fully saturated rings. The van der Waals surface area contributed by atoms with Crippen LogP contribution < -0.4 is 5.32 Å². The number of rotatable bonds is 4. The van der Waals surface area contributed by atoms with Crippen molar-refractivity contribution in [1.29, 1.82) is 0 Å². The molecule has 4 nitrogen and oxygen atoms in total. The van der Waals surface area contributed by atoms with Gasteiger partial charge in [-0.05, 0) is 19.1 Å². The van der Waals surface area contributed by atoms with Crippen LogP contribution in [-0.4, -0.2) is 33.3 Å². The summed E-state index contributed by atoms with van der Waals surface area (Å²) in [6.07, 6.45) is 1.59. The van der Waals surface area contributed by atoms with E-state index in [9.17, 15) is 14.1 Å². The predicted molar refractivity (Wildman–Crippen MR) is 64.0 cm³/mol. The number of hydrogen-bond donors (Lipinski definition) is 2. The summed E-state index contributed by atoms with van der Waals surface area (Å²) in [5.41, 5.74) is 0.233. The lowest BCUT2D eigenvalue weighted by Crippen LogP contribution is -2.36. The molecule has 0 spiro atoms. The molecule has 1 aromatic carbocycles. The third kappa shape index (κ3) is 3.66. The topological polar surface area (TPSA) is 66.4 Å². The molecule has 5 heteroatoms. The van der Waals surface area contributed by atoms with Gasteiger partial charge in [-0.15, -0.1) is 0 Å². The van der Waals surface area contributed by atoms with E-state index in [1.807, 2.05) is 0 Å². The van der Waals surface area contributed by atoms with Crippen LogP contribution in [0.4, 0.5) is 0 Å². The Kier molecular flexibility index (Phi) is 4.49. The fraction of sp³-hybridized carbons (Fsp3) is 0.364. The third-order valence-corrected chi connectivity index (χ3v) is 2.98. The minimum Gasteiger partial charge on any atom is -0.507 e. The number of para-hydroxylation sites is 1. The Hall–Kier alpha value is -1.36. The lowest BCUT2D eigenvalue weighted by atomic mass is 10.2. The van der Waals surface area contributed by atoms with Crippen molar-refractivity contribution in [2.45, 2.75) is 13.0 Å². The SMILES string of the molecule is CC(CS(C)=O)NC(=O)c1ccccc1O. The van der Waals surface area contributed by atoms with Gasteiger partial charge in [-0.25, -0.2) is 0 Å². The van der Waals surface area contributed by atoms with Gasteiger partial charge >= 0.3 is 0 Å². The largest absolute Gasteiger partial charge is 0.507 e. The van der Waals surface area contributed by atoms with Crippen molar-refractivity contribution in [3.05, 3.63) is 29.8 Å². The summed E-state index contributed by atoms with van der Waals surface area (Å²) in [6.45, 7) is 1.78. The molecule has 1 amide bonds. The number of hydrogen-bond acceptors (Lipinski definition) is 3. The molecule has 2 atom stereocenters. The Balaban J connectivity index is 2.66. The molecule has 0 radical (unpaired) electrons. The van der Waals surface area contributed by atoms with Crippen molar-refractivity contribution in [2.24, 2.45) is 0 Å². The zero-order valence-corrected chi connectivity index (χ0v) is 10.1. The molecular weight excluding hydrogens is 226 g/mol. The molecule has 1 aromatic rings. The van der Waals surface area contributed by atoms with Gasteiger partial charge in [0.25, 0.3) is 5.91 Å². The maximum atomic E-state index is 11.7. The molecule has 0 saturated carbocycles. The molecule has 0 heterocycles. The van der Waals surface area contributed by atoms with Gasteiger partial charge in [0.1, 0.15) is 5.75 Å². The van der Waals surface area contributed by atoms with E-state index < -0.39 is 10.8 Å². The Labute approximate surface area is 97.1 Å². The first-order chi connectivity index (χ1) is 7.50. The molecule has 0 aliphatic rings. The quantitative estimate of drug-likeness (QED) is 0.822. The Bertz CT molecular complexity index is 406. The van der Waals surface area contributed by atoms with E-state index in [-0.39, 0.29) is 23.3 Å². The number of carbonyl (C=O) groups is 1. The van der Waals surface area contributed by atoms with E-state index in [0.717, 1.165) is 0 Å². The van der Waals surface area contributed by atoms with Gasteiger partial charge in [0.15, 0.2) is 0 Å². The summed E-state index contributed by atoms with van der Waals surface area (Å²) in [4.78, 5) is 11.7. The van der Waals surface area contributed by atoms with E-state index in [1.54, 1.807) is 31.4 Å². The minimum atomic E-state index is -0.951. The van der Waals surface area contributed by atoms with Gasteiger partial charge < -0.3 is 10.4 Å². The molecule has 0 saturated heterocycles. The molecule has 0 aromatic heterocycles. The lowest BCUT2D eigenvalue weighted by molar-refractivity contribution is 0.0941. The maximum Gasteiger partial charge on any atom is 0.255 e. The lowest BCUT2D eigenvalue weighted by Gasteiger charge is -2.12. The number of nitrogens with one attached hydrogen (secondary N) is 1. The smallest absolute Gasteiger partial charge is 0.255 e. The second kappa shape index (κ2) is 5.65. The molecular formula is C11H15NO3S. The Morgan fingerprint density at radius 1 is 1.50 bits per heavy atom. The van der Waals surface area contributed by atoms with Crippen LogP contribution in [0, 0.1) is 0 Å². The number of carbonyl (C=O) groups excluding carboxylic acids is 1. The van der Waals surface area contributed by atoms with E-state index in [4.69, 9.17) is 0 Å². The number of benzene rings is 1. The zero-order valence-electron chi connectivity index (χ0n) is 9.27. The van der Waals surface area contributed by atoms with Crippen LogP contribution >= 0.6 is 0 Å². The number of phenols is 1. The van der Waals surface area contributed by atoms with E-state index in [1.165, 1.54) is 6.07 Å². The van der Waals surface area contributed by atoms with Crippen LogP contribution in [0.1, 0.15) is 17.3 Å². The normalized spacial score (nSPS) is 14.1. The fourth-order valence-corrected chi connectivity index (χ4v) is 2.15. The Morgan fingerprint density at radius 2 is 2.12 bits per heavy atom. The van der Waals surface area contributed by atoms with Crippen LogP contribution in [0.25, 0.3) is 0 Å². The second-order valence-electron chi connectivity index (χ2n) is 3.63. The summed E-state index contributed by atoms with van der Waals surface area (Å²) in [5, 5.41) is 12.1. The van der Waals surface area contributed by atoms with Gasteiger partial charge in [-0.3, -0.25) is 9.00 Å². The standard InChI is InChI=1S/C11H15NO3S/c1-8(7-16(2)15)12-11(14)9-5-3-4-6-10(9)13/h3-6,8,13H,7H2,1-2H3,(H,12,14). The summed E-state index contributed by atoms with van der Waals surface area (Å²) in [5.74, 6) is 0.000147. The van der Waals surface area contributed by atoms with Crippen LogP contribution in [0.2, 0.25) is 0 Å². The van der Waals surface area contributed by atoms with E-state index >= 15 is 0 Å². The Morgan fingerprint density at radius 3 is 2.69 bits per heavy atom. The molecule has 16 heavy (non-hydrogen) atoms. The average Bonchev–Trinajstić information content (AvgIpc) is 2.16. The van der Waals surface area contributed by atoms with E-state index in [2.05, 4.69) is 5.32 Å². The summed E-state index contributed by atoms with van der Waals surface area (Å²) in [6, 6.07) is 6.14. The molecule has 0 aliphatic heterocycles. The van der Waals surface area contributed by atoms with Crippen molar-refractivity contribution < 1.29 is 14.1 Å². The van der Waals surface area contributed by atoms with Gasteiger partial charge in [0.05, 0.1) is 5.56 Å². The van der Waals surface area contributed by atoms with Gasteiger partial charge in [0.2, 0.25) is 0 Å². The highest BCUT2D eigenvalue weighted by molar-refractivity contribution is 7.84. The van der Waals surface area contributed by atoms with Crippen LogP contribution in [0.15, 0.2) is 24.3 Å². The third-order valence-electron chi connectivity index (χ3n) is 2.01. The number of aromatic hydroxyl groups is 1. The van der Waals surface area contributed by atoms with Gasteiger partial charge in [0, 0.05) is 28.9 Å². The van der Waals surface area contributed by atoms with Crippen molar-refractivity contribution in [2.75, 3.05) is 12.0 Å². The highest BCUT2D eigenvalue weighted by Crippen LogP contribution is 2.15. The molecule has 88 valence electrons. The van der Waals surface area contributed by atoms with Gasteiger partial charge in [-0.2, -0.15) is 0 Å². The highest BCUT2D eigenvalue weighted by Gasteiger charge is 2.13. The number of phenolic OH excluding ortho intramolecular Hbond substituents is 1.